The van der Waals surface area contributed by atoms with Crippen molar-refractivity contribution in [3.8, 4) is 11.5 Å². The first-order valence-corrected chi connectivity index (χ1v) is 9.46. The van der Waals surface area contributed by atoms with Crippen LogP contribution in [-0.4, -0.2) is 30.2 Å². The van der Waals surface area contributed by atoms with Gasteiger partial charge in [-0.25, -0.2) is 0 Å². The molecule has 29 heavy (non-hydrogen) atoms. The first-order chi connectivity index (χ1) is 13.6. The largest absolute Gasteiger partial charge is 0.482 e. The van der Waals surface area contributed by atoms with Gasteiger partial charge in [-0.05, 0) is 12.1 Å². The SMILES string of the molecule is CC(C)(C)[C@H]1CNc2c(C(=O)Nc3c(Cl)cncc3Cl)ccc(OC(F)F)c2O1. The summed E-state index contributed by atoms with van der Waals surface area (Å²) < 4.78 is 36.2. The van der Waals surface area contributed by atoms with Crippen molar-refractivity contribution in [2.24, 2.45) is 5.41 Å². The number of amides is 1. The third kappa shape index (κ3) is 4.64. The highest BCUT2D eigenvalue weighted by molar-refractivity contribution is 6.39. The van der Waals surface area contributed by atoms with Crippen LogP contribution in [0.2, 0.25) is 10.0 Å². The van der Waals surface area contributed by atoms with Gasteiger partial charge in [-0.1, -0.05) is 44.0 Å². The van der Waals surface area contributed by atoms with Gasteiger partial charge in [-0.3, -0.25) is 9.78 Å². The summed E-state index contributed by atoms with van der Waals surface area (Å²) in [6.45, 7) is 3.23. The third-order valence-corrected chi connectivity index (χ3v) is 4.94. The number of carbonyl (C=O) groups is 1. The molecule has 1 aromatic carbocycles. The number of alkyl halides is 2. The van der Waals surface area contributed by atoms with Crippen LogP contribution in [0, 0.1) is 5.41 Å². The number of nitrogens with one attached hydrogen (secondary N) is 2. The van der Waals surface area contributed by atoms with Crippen LogP contribution < -0.4 is 20.1 Å². The van der Waals surface area contributed by atoms with Crippen molar-refractivity contribution in [2.45, 2.75) is 33.5 Å². The Kier molecular flexibility index (Phi) is 6.05. The zero-order valence-electron chi connectivity index (χ0n) is 15.9. The van der Waals surface area contributed by atoms with Gasteiger partial charge in [0.15, 0.2) is 11.5 Å². The monoisotopic (exact) mass is 445 g/mol. The fourth-order valence-electron chi connectivity index (χ4n) is 2.81. The topological polar surface area (TPSA) is 72.5 Å². The Hall–Kier alpha value is -2.32. The fourth-order valence-corrected chi connectivity index (χ4v) is 3.27. The molecule has 0 bridgehead atoms. The van der Waals surface area contributed by atoms with E-state index in [1.165, 1.54) is 24.5 Å². The molecule has 2 N–H and O–H groups in total. The summed E-state index contributed by atoms with van der Waals surface area (Å²) in [4.78, 5) is 16.7. The highest BCUT2D eigenvalue weighted by Gasteiger charge is 2.34. The molecule has 0 unspecified atom stereocenters. The molecule has 1 aliphatic rings. The van der Waals surface area contributed by atoms with E-state index < -0.39 is 12.5 Å². The van der Waals surface area contributed by atoms with Crippen LogP contribution in [-0.2, 0) is 0 Å². The van der Waals surface area contributed by atoms with E-state index >= 15 is 0 Å². The van der Waals surface area contributed by atoms with E-state index in [9.17, 15) is 13.6 Å². The molecule has 3 rings (SSSR count). The number of hydrogen-bond donors (Lipinski definition) is 2. The average Bonchev–Trinajstić information content (AvgIpc) is 2.63. The Morgan fingerprint density at radius 3 is 2.55 bits per heavy atom. The molecule has 1 aromatic heterocycles. The number of rotatable bonds is 4. The summed E-state index contributed by atoms with van der Waals surface area (Å²) in [5.41, 5.74) is 0.336. The summed E-state index contributed by atoms with van der Waals surface area (Å²) in [6.07, 6.45) is 2.36. The second-order valence-electron chi connectivity index (χ2n) is 7.48. The number of anilines is 2. The van der Waals surface area contributed by atoms with Crippen molar-refractivity contribution in [3.63, 3.8) is 0 Å². The van der Waals surface area contributed by atoms with E-state index in [0.29, 0.717) is 6.54 Å². The number of nitrogens with zero attached hydrogens (tertiary/aromatic N) is 1. The number of halogens is 4. The maximum Gasteiger partial charge on any atom is 0.387 e. The predicted octanol–water partition coefficient (Wildman–Crippen LogP) is 5.46. The van der Waals surface area contributed by atoms with Crippen molar-refractivity contribution in [3.05, 3.63) is 40.1 Å². The molecule has 0 spiro atoms. The second-order valence-corrected chi connectivity index (χ2v) is 8.29. The average molecular weight is 446 g/mol. The normalized spacial score (nSPS) is 15.9. The number of ether oxygens (including phenoxy) is 2. The van der Waals surface area contributed by atoms with Crippen LogP contribution in [0.1, 0.15) is 31.1 Å². The number of fused-ring (bicyclic) bond motifs is 1. The maximum absolute atomic E-state index is 12.9. The van der Waals surface area contributed by atoms with Gasteiger partial charge < -0.3 is 20.1 Å². The van der Waals surface area contributed by atoms with Crippen molar-refractivity contribution >= 4 is 40.5 Å². The third-order valence-electron chi connectivity index (χ3n) is 4.36. The molecule has 10 heteroatoms. The number of carbonyl (C=O) groups excluding carboxylic acids is 1. The van der Waals surface area contributed by atoms with Gasteiger partial charge in [0.25, 0.3) is 5.91 Å². The van der Waals surface area contributed by atoms with Gasteiger partial charge in [0.05, 0.1) is 33.5 Å². The first-order valence-electron chi connectivity index (χ1n) is 8.70. The van der Waals surface area contributed by atoms with E-state index in [-0.39, 0.29) is 50.0 Å². The maximum atomic E-state index is 12.9. The minimum atomic E-state index is -3.04. The van der Waals surface area contributed by atoms with Crippen LogP contribution in [0.4, 0.5) is 20.2 Å². The Morgan fingerprint density at radius 2 is 1.97 bits per heavy atom. The van der Waals surface area contributed by atoms with Gasteiger partial charge in [0.2, 0.25) is 0 Å². The van der Waals surface area contributed by atoms with Crippen molar-refractivity contribution < 1.29 is 23.0 Å². The molecule has 1 amide bonds. The van der Waals surface area contributed by atoms with Gasteiger partial charge in [-0.2, -0.15) is 8.78 Å². The summed E-state index contributed by atoms with van der Waals surface area (Å²) in [5.74, 6) is -0.658. The quantitative estimate of drug-likeness (QED) is 0.653. The molecule has 0 fully saturated rings. The molecule has 1 aliphatic heterocycles. The number of benzene rings is 1. The van der Waals surface area contributed by atoms with E-state index in [1.54, 1.807) is 0 Å². The summed E-state index contributed by atoms with van der Waals surface area (Å²) >= 11 is 12.1. The van der Waals surface area contributed by atoms with Crippen LogP contribution >= 0.6 is 23.2 Å². The smallest absolute Gasteiger partial charge is 0.387 e. The van der Waals surface area contributed by atoms with Crippen molar-refractivity contribution in [1.82, 2.24) is 4.98 Å². The highest BCUT2D eigenvalue weighted by atomic mass is 35.5. The Labute approximate surface area is 176 Å². The molecular formula is C19H19Cl2F2N3O3. The molecular weight excluding hydrogens is 427 g/mol. The van der Waals surface area contributed by atoms with Gasteiger partial charge in [0, 0.05) is 17.8 Å². The Bertz CT molecular complexity index is 915. The van der Waals surface area contributed by atoms with Gasteiger partial charge in [-0.15, -0.1) is 0 Å². The molecule has 6 nitrogen and oxygen atoms in total. The molecule has 0 saturated carbocycles. The first kappa shape index (κ1) is 21.4. The summed E-state index contributed by atoms with van der Waals surface area (Å²) in [5, 5.41) is 6.05. The molecule has 0 saturated heterocycles. The molecule has 2 aromatic rings. The minimum absolute atomic E-state index is 0.0519. The molecule has 1 atom stereocenters. The van der Waals surface area contributed by atoms with Crippen LogP contribution in [0.3, 0.4) is 0 Å². The zero-order valence-corrected chi connectivity index (χ0v) is 17.4. The number of hydrogen-bond acceptors (Lipinski definition) is 5. The van der Waals surface area contributed by atoms with E-state index in [0.717, 1.165) is 0 Å². The second kappa shape index (κ2) is 8.20. The molecule has 0 aliphatic carbocycles. The van der Waals surface area contributed by atoms with E-state index in [1.807, 2.05) is 20.8 Å². The highest BCUT2D eigenvalue weighted by Crippen LogP contribution is 2.44. The predicted molar refractivity (Wildman–Crippen MR) is 108 cm³/mol. The fraction of sp³-hybridized carbons (Fsp3) is 0.368. The van der Waals surface area contributed by atoms with Gasteiger partial charge >= 0.3 is 6.61 Å². The van der Waals surface area contributed by atoms with Crippen LogP contribution in [0.15, 0.2) is 24.5 Å². The summed E-state index contributed by atoms with van der Waals surface area (Å²) in [7, 11) is 0. The zero-order chi connectivity index (χ0) is 21.3. The molecule has 156 valence electrons. The molecule has 0 radical (unpaired) electrons. The van der Waals surface area contributed by atoms with Gasteiger partial charge in [0.1, 0.15) is 6.10 Å². The van der Waals surface area contributed by atoms with Crippen LogP contribution in [0.25, 0.3) is 0 Å². The van der Waals surface area contributed by atoms with Crippen molar-refractivity contribution in [1.29, 1.82) is 0 Å². The lowest BCUT2D eigenvalue weighted by atomic mass is 9.88. The van der Waals surface area contributed by atoms with E-state index in [2.05, 4.69) is 20.4 Å². The minimum Gasteiger partial charge on any atom is -0.482 e. The standard InChI is InChI=1S/C19H19Cl2F2N3O3/c1-19(2,3)13-8-25-14-9(4-5-12(16(14)29-13)28-18(22)23)17(27)26-15-10(20)6-24-7-11(15)21/h4-7,13,18,25H,8H2,1-3H3,(H,24,26,27)/t13-/m1/s1. The number of aromatic nitrogens is 1. The van der Waals surface area contributed by atoms with E-state index in [4.69, 9.17) is 27.9 Å². The van der Waals surface area contributed by atoms with Crippen LogP contribution in [0.5, 0.6) is 11.5 Å². The Balaban J connectivity index is 1.99. The number of pyridine rings is 1. The Morgan fingerprint density at radius 1 is 1.31 bits per heavy atom. The lowest BCUT2D eigenvalue weighted by Gasteiger charge is -2.37. The summed E-state index contributed by atoms with van der Waals surface area (Å²) in [6, 6.07) is 2.63. The van der Waals surface area contributed by atoms with Crippen molar-refractivity contribution in [2.75, 3.05) is 17.2 Å². The molecule has 2 heterocycles. The lowest BCUT2D eigenvalue weighted by molar-refractivity contribution is -0.0529. The lowest BCUT2D eigenvalue weighted by Crippen LogP contribution is -2.41.